The highest BCUT2D eigenvalue weighted by molar-refractivity contribution is 7.93. The Balaban J connectivity index is 1.89. The van der Waals surface area contributed by atoms with Gasteiger partial charge >= 0.3 is 12.1 Å². The van der Waals surface area contributed by atoms with Crippen LogP contribution in [0.25, 0.3) is 11.4 Å². The molecule has 0 saturated carbocycles. The molecule has 0 aliphatic heterocycles. The summed E-state index contributed by atoms with van der Waals surface area (Å²) < 4.78 is 64.1. The predicted octanol–water partition coefficient (Wildman–Crippen LogP) is 4.55. The van der Waals surface area contributed by atoms with Gasteiger partial charge < -0.3 is 9.26 Å². The summed E-state index contributed by atoms with van der Waals surface area (Å²) in [5, 5.41) is 3.32. The molecule has 2 aromatic carbocycles. The van der Waals surface area contributed by atoms with E-state index in [2.05, 4.69) is 19.0 Å². The molecule has 0 amide bonds. The van der Waals surface area contributed by atoms with Crippen molar-refractivity contribution in [2.45, 2.75) is 11.1 Å². The van der Waals surface area contributed by atoms with Crippen molar-refractivity contribution in [3.05, 3.63) is 54.4 Å². The molecule has 0 bridgehead atoms. The van der Waals surface area contributed by atoms with E-state index in [0.717, 1.165) is 0 Å². The molecule has 0 fully saturated rings. The summed E-state index contributed by atoms with van der Waals surface area (Å²) in [5.74, 6) is -1.05. The van der Waals surface area contributed by atoms with Gasteiger partial charge in [0.1, 0.15) is 5.75 Å². The Morgan fingerprint density at radius 2 is 1.85 bits per heavy atom. The number of hydrogen-bond donors (Lipinski definition) is 0. The first-order valence-corrected chi connectivity index (χ1v) is 9.49. The van der Waals surface area contributed by atoms with Crippen LogP contribution < -0.4 is 4.74 Å². The van der Waals surface area contributed by atoms with Crippen LogP contribution in [0.3, 0.4) is 0 Å². The highest BCUT2D eigenvalue weighted by Crippen LogP contribution is 2.30. The van der Waals surface area contributed by atoms with Crippen LogP contribution in [0.1, 0.15) is 5.89 Å². The van der Waals surface area contributed by atoms with Crippen LogP contribution in [0.2, 0.25) is 0 Å². The first-order chi connectivity index (χ1) is 12.7. The largest absolute Gasteiger partial charge is 0.497 e. The molecule has 1 heterocycles. The average molecular weight is 397 g/mol. The Bertz CT molecular complexity index is 1070. The second-order valence-corrected chi connectivity index (χ2v) is 7.80. The van der Waals surface area contributed by atoms with Gasteiger partial charge in [0.05, 0.1) is 27.4 Å². The van der Waals surface area contributed by atoms with E-state index in [1.807, 2.05) is 0 Å². The van der Waals surface area contributed by atoms with Crippen LogP contribution in [0, 0.1) is 0 Å². The number of aromatic nitrogens is 2. The minimum atomic E-state index is -4.70. The van der Waals surface area contributed by atoms with Crippen LogP contribution in [-0.4, -0.2) is 27.7 Å². The van der Waals surface area contributed by atoms with Gasteiger partial charge in [-0.2, -0.15) is 22.5 Å². The number of hydrogen-bond acceptors (Lipinski definition) is 6. The molecule has 6 nitrogen and oxygen atoms in total. The fourth-order valence-electron chi connectivity index (χ4n) is 2.22. The quantitative estimate of drug-likeness (QED) is 0.645. The fourth-order valence-corrected chi connectivity index (χ4v) is 3.51. The van der Waals surface area contributed by atoms with Crippen molar-refractivity contribution >= 4 is 15.4 Å². The molecule has 1 atom stereocenters. The van der Waals surface area contributed by atoms with E-state index in [1.165, 1.54) is 37.6 Å². The first-order valence-electron chi connectivity index (χ1n) is 7.56. The summed E-state index contributed by atoms with van der Waals surface area (Å²) in [4.78, 5) is 3.82. The molecule has 27 heavy (non-hydrogen) atoms. The van der Waals surface area contributed by atoms with E-state index in [0.29, 0.717) is 21.9 Å². The minimum absolute atomic E-state index is 0.195. The number of nitrogens with zero attached hydrogens (tertiary/aromatic N) is 3. The topological polar surface area (TPSA) is 77.6 Å². The normalized spacial score (nSPS) is 13.8. The van der Waals surface area contributed by atoms with Crippen LogP contribution >= 0.6 is 0 Å². The maximum Gasteiger partial charge on any atom is 0.471 e. The van der Waals surface area contributed by atoms with Crippen LogP contribution in [0.4, 0.5) is 18.9 Å². The average Bonchev–Trinajstić information content (AvgIpc) is 3.13. The lowest BCUT2D eigenvalue weighted by molar-refractivity contribution is -0.159. The minimum Gasteiger partial charge on any atom is -0.497 e. The van der Waals surface area contributed by atoms with Crippen molar-refractivity contribution in [3.8, 4) is 17.1 Å². The van der Waals surface area contributed by atoms with Crippen molar-refractivity contribution in [2.75, 3.05) is 13.4 Å². The Kier molecular flexibility index (Phi) is 4.92. The van der Waals surface area contributed by atoms with Gasteiger partial charge in [0.2, 0.25) is 5.82 Å². The van der Waals surface area contributed by atoms with Gasteiger partial charge in [-0.25, -0.2) is 4.21 Å². The van der Waals surface area contributed by atoms with Crippen molar-refractivity contribution in [3.63, 3.8) is 0 Å². The number of methoxy groups -OCH3 is 1. The van der Waals surface area contributed by atoms with Gasteiger partial charge in [0.15, 0.2) is 0 Å². The van der Waals surface area contributed by atoms with Crippen molar-refractivity contribution < 1.29 is 26.6 Å². The fraction of sp³-hybridized carbons (Fsp3) is 0.176. The van der Waals surface area contributed by atoms with Crippen LogP contribution in [0.15, 0.2) is 62.3 Å². The lowest BCUT2D eigenvalue weighted by Crippen LogP contribution is -2.04. The van der Waals surface area contributed by atoms with Gasteiger partial charge in [0, 0.05) is 11.8 Å². The van der Waals surface area contributed by atoms with E-state index in [-0.39, 0.29) is 5.82 Å². The van der Waals surface area contributed by atoms with Gasteiger partial charge in [-0.3, -0.25) is 0 Å². The summed E-state index contributed by atoms with van der Waals surface area (Å²) in [6, 6.07) is 12.7. The van der Waals surface area contributed by atoms with E-state index in [4.69, 9.17) is 4.74 Å². The van der Waals surface area contributed by atoms with Crippen molar-refractivity contribution in [1.29, 1.82) is 0 Å². The van der Waals surface area contributed by atoms with Crippen molar-refractivity contribution in [2.24, 2.45) is 4.36 Å². The Morgan fingerprint density at radius 1 is 1.15 bits per heavy atom. The molecule has 0 radical (unpaired) electrons. The predicted molar refractivity (Wildman–Crippen MR) is 92.2 cm³/mol. The highest BCUT2D eigenvalue weighted by Gasteiger charge is 2.38. The number of ether oxygens (including phenoxy) is 1. The molecule has 142 valence electrons. The van der Waals surface area contributed by atoms with Crippen LogP contribution in [-0.2, 0) is 15.9 Å². The van der Waals surface area contributed by atoms with Gasteiger partial charge in [-0.05, 0) is 42.5 Å². The van der Waals surface area contributed by atoms with E-state index in [1.54, 1.807) is 24.3 Å². The molecule has 1 unspecified atom stereocenters. The number of rotatable bonds is 4. The molecular formula is C17H14F3N3O3S. The molecule has 0 aliphatic carbocycles. The second kappa shape index (κ2) is 7.03. The number of benzene rings is 2. The molecule has 3 aromatic rings. The van der Waals surface area contributed by atoms with E-state index >= 15 is 0 Å². The Hall–Kier alpha value is -2.88. The third kappa shape index (κ3) is 4.27. The van der Waals surface area contributed by atoms with Gasteiger partial charge in [0.25, 0.3) is 0 Å². The summed E-state index contributed by atoms with van der Waals surface area (Å²) >= 11 is 0. The van der Waals surface area contributed by atoms with Gasteiger partial charge in [-0.1, -0.05) is 11.2 Å². The monoisotopic (exact) mass is 397 g/mol. The summed E-state index contributed by atoms with van der Waals surface area (Å²) in [7, 11) is -1.23. The smallest absolute Gasteiger partial charge is 0.471 e. The maximum atomic E-state index is 12.9. The SMILES string of the molecule is COc1cccc(S(C)(=O)=Nc2ccc(-c3noc(C(F)(F)F)n3)cc2)c1. The standard InChI is InChI=1S/C17H14F3N3O3S/c1-25-13-4-3-5-14(10-13)27(2,24)23-12-8-6-11(7-9-12)15-21-16(26-22-15)17(18,19)20/h3-10H,1-2H3. The van der Waals surface area contributed by atoms with Crippen molar-refractivity contribution in [1.82, 2.24) is 10.1 Å². The Labute approximate surface area is 153 Å². The molecule has 10 heteroatoms. The third-order valence-electron chi connectivity index (χ3n) is 3.55. The summed E-state index contributed by atoms with van der Waals surface area (Å²) in [6.07, 6.45) is -3.21. The molecule has 1 aromatic heterocycles. The molecule has 0 saturated heterocycles. The van der Waals surface area contributed by atoms with Crippen LogP contribution in [0.5, 0.6) is 5.75 Å². The van der Waals surface area contributed by atoms with E-state index < -0.39 is 21.8 Å². The lowest BCUT2D eigenvalue weighted by Gasteiger charge is -2.07. The highest BCUT2D eigenvalue weighted by atomic mass is 32.2. The zero-order valence-corrected chi connectivity index (χ0v) is 15.0. The Morgan fingerprint density at radius 3 is 2.44 bits per heavy atom. The number of alkyl halides is 3. The summed E-state index contributed by atoms with van der Waals surface area (Å²) in [5.41, 5.74) is 0.714. The molecule has 0 N–H and O–H groups in total. The lowest BCUT2D eigenvalue weighted by atomic mass is 10.2. The summed E-state index contributed by atoms with van der Waals surface area (Å²) in [6.45, 7) is 0. The molecular weight excluding hydrogens is 383 g/mol. The number of halogens is 3. The second-order valence-electron chi connectivity index (χ2n) is 5.54. The first kappa shape index (κ1) is 18.9. The molecule has 3 rings (SSSR count). The third-order valence-corrected chi connectivity index (χ3v) is 5.24. The molecule has 0 aliphatic rings. The maximum absolute atomic E-state index is 12.9. The zero-order chi connectivity index (χ0) is 19.7. The van der Waals surface area contributed by atoms with E-state index in [9.17, 15) is 17.4 Å². The van der Waals surface area contributed by atoms with Gasteiger partial charge in [-0.15, -0.1) is 0 Å². The molecule has 0 spiro atoms. The zero-order valence-electron chi connectivity index (χ0n) is 14.2.